The van der Waals surface area contributed by atoms with E-state index < -0.39 is 11.7 Å². The second-order valence-electron chi connectivity index (χ2n) is 4.61. The average molecular weight is 296 g/mol. The van der Waals surface area contributed by atoms with E-state index in [1.54, 1.807) is 0 Å². The molecule has 1 aromatic carbocycles. The molecule has 0 aliphatic carbocycles. The van der Waals surface area contributed by atoms with Gasteiger partial charge in [-0.1, -0.05) is 29.8 Å². The number of halogens is 3. The number of nitrogens with two attached hydrogens (primary N) is 1. The van der Waals surface area contributed by atoms with Crippen molar-refractivity contribution in [2.75, 3.05) is 10.7 Å². The van der Waals surface area contributed by atoms with Crippen LogP contribution in [0, 0.1) is 6.92 Å². The summed E-state index contributed by atoms with van der Waals surface area (Å²) < 4.78 is 38.3. The summed E-state index contributed by atoms with van der Waals surface area (Å²) in [5.41, 5.74) is 3.39. The Morgan fingerprint density at radius 2 is 1.71 bits per heavy atom. The van der Waals surface area contributed by atoms with Crippen molar-refractivity contribution in [3.05, 3.63) is 53.1 Å². The fraction of sp³-hybridized carbons (Fsp3) is 0.214. The zero-order chi connectivity index (χ0) is 15.5. The number of hydrogen-bond donors (Lipinski definition) is 3. The molecule has 7 heteroatoms. The van der Waals surface area contributed by atoms with E-state index in [0.717, 1.165) is 23.3 Å². The van der Waals surface area contributed by atoms with Crippen LogP contribution in [0.1, 0.15) is 16.7 Å². The van der Waals surface area contributed by atoms with Crippen LogP contribution in [0.15, 0.2) is 36.4 Å². The van der Waals surface area contributed by atoms with E-state index in [9.17, 15) is 13.2 Å². The van der Waals surface area contributed by atoms with Crippen molar-refractivity contribution in [2.45, 2.75) is 19.6 Å². The largest absolute Gasteiger partial charge is 0.416 e. The molecule has 0 unspecified atom stereocenters. The molecule has 0 fully saturated rings. The lowest BCUT2D eigenvalue weighted by atomic mass is 10.1. The fourth-order valence-corrected chi connectivity index (χ4v) is 1.76. The van der Waals surface area contributed by atoms with Gasteiger partial charge in [-0.2, -0.15) is 13.2 Å². The highest BCUT2D eigenvalue weighted by Gasteiger charge is 2.31. The first-order chi connectivity index (χ1) is 9.88. The van der Waals surface area contributed by atoms with E-state index in [0.29, 0.717) is 6.54 Å². The number of benzene rings is 1. The Balaban J connectivity index is 2.17. The van der Waals surface area contributed by atoms with E-state index in [4.69, 9.17) is 5.84 Å². The average Bonchev–Trinajstić information content (AvgIpc) is 2.45. The Bertz CT molecular complexity index is 609. The quantitative estimate of drug-likeness (QED) is 0.598. The maximum absolute atomic E-state index is 12.8. The van der Waals surface area contributed by atoms with Crippen molar-refractivity contribution < 1.29 is 13.2 Å². The predicted octanol–water partition coefficient (Wildman–Crippen LogP) is 3.31. The van der Waals surface area contributed by atoms with Gasteiger partial charge in [-0.05, 0) is 24.6 Å². The first-order valence-electron chi connectivity index (χ1n) is 6.24. The molecular formula is C14H15F3N4. The van der Waals surface area contributed by atoms with Gasteiger partial charge in [0.25, 0.3) is 0 Å². The lowest BCUT2D eigenvalue weighted by Gasteiger charge is -2.12. The summed E-state index contributed by atoms with van der Waals surface area (Å²) in [5, 5.41) is 2.86. The van der Waals surface area contributed by atoms with Gasteiger partial charge in [0.2, 0.25) is 0 Å². The molecule has 1 heterocycles. The number of aryl methyl sites for hydroxylation is 1. The summed E-state index contributed by atoms with van der Waals surface area (Å²) >= 11 is 0. The maximum Gasteiger partial charge on any atom is 0.416 e. The van der Waals surface area contributed by atoms with Gasteiger partial charge >= 0.3 is 6.18 Å². The maximum atomic E-state index is 12.8. The highest BCUT2D eigenvalue weighted by Crippen LogP contribution is 2.31. The van der Waals surface area contributed by atoms with Crippen LogP contribution < -0.4 is 16.6 Å². The second kappa shape index (κ2) is 6.01. The van der Waals surface area contributed by atoms with E-state index in [1.807, 2.05) is 31.2 Å². The minimum atomic E-state index is -4.45. The van der Waals surface area contributed by atoms with E-state index >= 15 is 0 Å². The standard InChI is InChI=1S/C14H15F3N4/c1-9-2-4-10(5-3-9)8-19-12-6-11(14(15,16)17)7-13(20-12)21-18/h2-7H,8,18H2,1H3,(H2,19,20,21). The smallest absolute Gasteiger partial charge is 0.366 e. The fourth-order valence-electron chi connectivity index (χ4n) is 1.76. The van der Waals surface area contributed by atoms with Gasteiger partial charge in [0.15, 0.2) is 0 Å². The molecule has 2 aromatic rings. The molecule has 0 bridgehead atoms. The first-order valence-corrected chi connectivity index (χ1v) is 6.24. The molecule has 0 aliphatic heterocycles. The predicted molar refractivity (Wildman–Crippen MR) is 75.6 cm³/mol. The van der Waals surface area contributed by atoms with Gasteiger partial charge in [0.05, 0.1) is 5.56 Å². The highest BCUT2D eigenvalue weighted by molar-refractivity contribution is 5.49. The first kappa shape index (κ1) is 15.1. The van der Waals surface area contributed by atoms with Crippen molar-refractivity contribution in [3.8, 4) is 0 Å². The van der Waals surface area contributed by atoms with Crippen LogP contribution in [0.2, 0.25) is 0 Å². The lowest BCUT2D eigenvalue weighted by molar-refractivity contribution is -0.137. The number of nitrogen functional groups attached to an aromatic ring is 1. The van der Waals surface area contributed by atoms with Crippen LogP contribution in [0.25, 0.3) is 0 Å². The van der Waals surface area contributed by atoms with Gasteiger partial charge in [-0.3, -0.25) is 0 Å². The SMILES string of the molecule is Cc1ccc(CNc2cc(C(F)(F)F)cc(NN)n2)cc1. The third-order valence-electron chi connectivity index (χ3n) is 2.89. The van der Waals surface area contributed by atoms with Crippen molar-refractivity contribution in [1.82, 2.24) is 4.98 Å². The van der Waals surface area contributed by atoms with Crippen LogP contribution in [0.5, 0.6) is 0 Å². The van der Waals surface area contributed by atoms with Crippen LogP contribution in [0.3, 0.4) is 0 Å². The summed E-state index contributed by atoms with van der Waals surface area (Å²) in [7, 11) is 0. The van der Waals surface area contributed by atoms with Crippen LogP contribution in [-0.4, -0.2) is 4.98 Å². The lowest BCUT2D eigenvalue weighted by Crippen LogP contribution is -2.13. The van der Waals surface area contributed by atoms with Crippen molar-refractivity contribution in [2.24, 2.45) is 5.84 Å². The topological polar surface area (TPSA) is 63.0 Å². The molecule has 0 spiro atoms. The summed E-state index contributed by atoms with van der Waals surface area (Å²) in [6.07, 6.45) is -4.45. The van der Waals surface area contributed by atoms with Crippen molar-refractivity contribution in [1.29, 1.82) is 0 Å². The van der Waals surface area contributed by atoms with Gasteiger partial charge < -0.3 is 10.7 Å². The molecule has 0 amide bonds. The number of hydrazine groups is 1. The zero-order valence-electron chi connectivity index (χ0n) is 11.3. The summed E-state index contributed by atoms with van der Waals surface area (Å²) in [6, 6.07) is 9.48. The molecule has 4 nitrogen and oxygen atoms in total. The highest BCUT2D eigenvalue weighted by atomic mass is 19.4. The molecule has 4 N–H and O–H groups in total. The minimum Gasteiger partial charge on any atom is -0.366 e. The molecule has 0 saturated carbocycles. The molecule has 1 aromatic heterocycles. The Morgan fingerprint density at radius 3 is 2.29 bits per heavy atom. The monoisotopic (exact) mass is 296 g/mol. The minimum absolute atomic E-state index is 0.0452. The van der Waals surface area contributed by atoms with Crippen molar-refractivity contribution >= 4 is 11.6 Å². The molecule has 2 rings (SSSR count). The number of aromatic nitrogens is 1. The Labute approximate surface area is 120 Å². The van der Waals surface area contributed by atoms with Crippen LogP contribution >= 0.6 is 0 Å². The molecule has 0 atom stereocenters. The van der Waals surface area contributed by atoms with E-state index in [2.05, 4.69) is 15.7 Å². The van der Waals surface area contributed by atoms with Crippen molar-refractivity contribution in [3.63, 3.8) is 0 Å². The van der Waals surface area contributed by atoms with Gasteiger partial charge in [-0.25, -0.2) is 10.8 Å². The van der Waals surface area contributed by atoms with E-state index in [1.165, 1.54) is 0 Å². The summed E-state index contributed by atoms with van der Waals surface area (Å²) in [5.74, 6) is 5.21. The third kappa shape index (κ3) is 4.09. The number of nitrogens with one attached hydrogen (secondary N) is 2. The molecule has 21 heavy (non-hydrogen) atoms. The van der Waals surface area contributed by atoms with Gasteiger partial charge in [0, 0.05) is 6.54 Å². The van der Waals surface area contributed by atoms with Crippen LogP contribution in [0.4, 0.5) is 24.8 Å². The normalized spacial score (nSPS) is 11.3. The van der Waals surface area contributed by atoms with E-state index in [-0.39, 0.29) is 11.6 Å². The van der Waals surface area contributed by atoms with Crippen LogP contribution in [-0.2, 0) is 12.7 Å². The number of anilines is 2. The number of alkyl halides is 3. The number of nitrogens with zero attached hydrogens (tertiary/aromatic N) is 1. The number of rotatable bonds is 4. The molecule has 0 saturated heterocycles. The Hall–Kier alpha value is -2.28. The van der Waals surface area contributed by atoms with Gasteiger partial charge in [-0.15, -0.1) is 0 Å². The molecule has 0 radical (unpaired) electrons. The summed E-state index contributed by atoms with van der Waals surface area (Å²) in [4.78, 5) is 3.95. The Morgan fingerprint density at radius 1 is 1.10 bits per heavy atom. The number of pyridine rings is 1. The zero-order valence-corrected chi connectivity index (χ0v) is 11.3. The molecule has 112 valence electrons. The second-order valence-corrected chi connectivity index (χ2v) is 4.61. The van der Waals surface area contributed by atoms with Gasteiger partial charge in [0.1, 0.15) is 11.6 Å². The Kier molecular flexibility index (Phi) is 4.32. The third-order valence-corrected chi connectivity index (χ3v) is 2.89. The number of hydrogen-bond acceptors (Lipinski definition) is 4. The molecule has 0 aliphatic rings. The molecular weight excluding hydrogens is 281 g/mol. The summed E-state index contributed by atoms with van der Waals surface area (Å²) in [6.45, 7) is 2.34.